The van der Waals surface area contributed by atoms with E-state index in [-0.39, 0.29) is 11.9 Å². The van der Waals surface area contributed by atoms with Crippen molar-refractivity contribution in [2.24, 2.45) is 7.05 Å². The van der Waals surface area contributed by atoms with Gasteiger partial charge in [-0.15, -0.1) is 0 Å². The van der Waals surface area contributed by atoms with E-state index in [1.165, 1.54) is 19.5 Å². The number of nitrogens with one attached hydrogen (secondary N) is 1. The van der Waals surface area contributed by atoms with Crippen LogP contribution in [0.5, 0.6) is 5.75 Å². The number of hydrogen-bond acceptors (Lipinski definition) is 4. The number of benzene rings is 1. The SMILES string of the molecule is CCCNC(Cc1ncnn1C)c1ccc(OC)cc1F. The second-order valence-corrected chi connectivity index (χ2v) is 4.90. The normalized spacial score (nSPS) is 12.4. The molecule has 0 bridgehead atoms. The van der Waals surface area contributed by atoms with Crippen molar-refractivity contribution in [3.8, 4) is 5.75 Å². The third-order valence-corrected chi connectivity index (χ3v) is 3.42. The van der Waals surface area contributed by atoms with Crippen molar-refractivity contribution in [3.63, 3.8) is 0 Å². The summed E-state index contributed by atoms with van der Waals surface area (Å²) in [5, 5.41) is 7.43. The first-order chi connectivity index (χ1) is 10.2. The number of ether oxygens (including phenoxy) is 1. The van der Waals surface area contributed by atoms with Crippen LogP contribution in [0.4, 0.5) is 4.39 Å². The molecule has 1 aromatic carbocycles. The average Bonchev–Trinajstić information content (AvgIpc) is 2.88. The van der Waals surface area contributed by atoms with Crippen molar-refractivity contribution in [2.75, 3.05) is 13.7 Å². The molecule has 114 valence electrons. The van der Waals surface area contributed by atoms with Crippen LogP contribution in [0.3, 0.4) is 0 Å². The monoisotopic (exact) mass is 292 g/mol. The molecule has 0 spiro atoms. The van der Waals surface area contributed by atoms with Gasteiger partial charge in [-0.25, -0.2) is 9.37 Å². The summed E-state index contributed by atoms with van der Waals surface area (Å²) < 4.78 is 21.0. The number of rotatable bonds is 7. The van der Waals surface area contributed by atoms with Gasteiger partial charge in [0.1, 0.15) is 23.7 Å². The zero-order chi connectivity index (χ0) is 15.2. The summed E-state index contributed by atoms with van der Waals surface area (Å²) in [5.74, 6) is 1.06. The van der Waals surface area contributed by atoms with E-state index >= 15 is 0 Å². The van der Waals surface area contributed by atoms with Gasteiger partial charge < -0.3 is 10.1 Å². The maximum atomic E-state index is 14.3. The Hall–Kier alpha value is -1.95. The van der Waals surface area contributed by atoms with Crippen LogP contribution in [0, 0.1) is 5.82 Å². The van der Waals surface area contributed by atoms with Crippen LogP contribution in [0.1, 0.15) is 30.8 Å². The number of hydrogen-bond donors (Lipinski definition) is 1. The Kier molecular flexibility index (Phi) is 5.27. The zero-order valence-corrected chi connectivity index (χ0v) is 12.6. The predicted molar refractivity (Wildman–Crippen MR) is 78.7 cm³/mol. The van der Waals surface area contributed by atoms with E-state index in [0.717, 1.165) is 18.8 Å². The molecule has 0 aliphatic rings. The Bertz CT molecular complexity index is 585. The minimum atomic E-state index is -0.273. The molecule has 1 atom stereocenters. The molecule has 1 heterocycles. The highest BCUT2D eigenvalue weighted by Gasteiger charge is 2.18. The summed E-state index contributed by atoms with van der Waals surface area (Å²) >= 11 is 0. The quantitative estimate of drug-likeness (QED) is 0.850. The minimum absolute atomic E-state index is 0.140. The maximum Gasteiger partial charge on any atom is 0.138 e. The van der Waals surface area contributed by atoms with Crippen molar-refractivity contribution in [1.29, 1.82) is 0 Å². The standard InChI is InChI=1S/C15H21FN4O/c1-4-7-17-14(9-15-18-10-19-20(15)2)12-6-5-11(21-3)8-13(12)16/h5-6,8,10,14,17H,4,7,9H2,1-3H3. The molecule has 1 N–H and O–H groups in total. The fourth-order valence-electron chi connectivity index (χ4n) is 2.22. The van der Waals surface area contributed by atoms with Crippen molar-refractivity contribution in [2.45, 2.75) is 25.8 Å². The lowest BCUT2D eigenvalue weighted by Gasteiger charge is -2.19. The lowest BCUT2D eigenvalue weighted by molar-refractivity contribution is 0.408. The van der Waals surface area contributed by atoms with E-state index in [1.807, 2.05) is 7.05 Å². The first-order valence-corrected chi connectivity index (χ1v) is 7.05. The third-order valence-electron chi connectivity index (χ3n) is 3.42. The van der Waals surface area contributed by atoms with Gasteiger partial charge in [-0.05, 0) is 19.0 Å². The molecule has 0 saturated heterocycles. The van der Waals surface area contributed by atoms with Gasteiger partial charge in [0.05, 0.1) is 7.11 Å². The largest absolute Gasteiger partial charge is 0.497 e. The second kappa shape index (κ2) is 7.17. The summed E-state index contributed by atoms with van der Waals surface area (Å²) in [6.07, 6.45) is 3.07. The Morgan fingerprint density at radius 1 is 1.43 bits per heavy atom. The van der Waals surface area contributed by atoms with Crippen LogP contribution in [-0.4, -0.2) is 28.4 Å². The number of aromatic nitrogens is 3. The Labute approximate surface area is 124 Å². The molecule has 0 radical (unpaired) electrons. The van der Waals surface area contributed by atoms with E-state index < -0.39 is 0 Å². The van der Waals surface area contributed by atoms with Crippen LogP contribution >= 0.6 is 0 Å². The van der Waals surface area contributed by atoms with Gasteiger partial charge in [-0.3, -0.25) is 4.68 Å². The summed E-state index contributed by atoms with van der Waals surface area (Å²) in [6, 6.07) is 4.80. The van der Waals surface area contributed by atoms with Crippen molar-refractivity contribution < 1.29 is 9.13 Å². The summed E-state index contributed by atoms with van der Waals surface area (Å²) in [6.45, 7) is 2.89. The number of methoxy groups -OCH3 is 1. The molecule has 1 aromatic heterocycles. The molecule has 0 saturated carbocycles. The van der Waals surface area contributed by atoms with E-state index in [2.05, 4.69) is 22.3 Å². The Morgan fingerprint density at radius 2 is 2.24 bits per heavy atom. The lowest BCUT2D eigenvalue weighted by atomic mass is 10.0. The van der Waals surface area contributed by atoms with Crippen LogP contribution in [0.15, 0.2) is 24.5 Å². The molecule has 21 heavy (non-hydrogen) atoms. The minimum Gasteiger partial charge on any atom is -0.497 e. The number of nitrogens with zero attached hydrogens (tertiary/aromatic N) is 3. The molecule has 0 aliphatic carbocycles. The molecule has 6 heteroatoms. The second-order valence-electron chi connectivity index (χ2n) is 4.90. The summed E-state index contributed by atoms with van der Waals surface area (Å²) in [7, 11) is 3.37. The van der Waals surface area contributed by atoms with Crippen molar-refractivity contribution >= 4 is 0 Å². The fourth-order valence-corrected chi connectivity index (χ4v) is 2.22. The molecule has 5 nitrogen and oxygen atoms in total. The summed E-state index contributed by atoms with van der Waals surface area (Å²) in [4.78, 5) is 4.22. The van der Waals surface area contributed by atoms with Crippen LogP contribution in [0.25, 0.3) is 0 Å². The molecule has 1 unspecified atom stereocenters. The van der Waals surface area contributed by atoms with Crippen LogP contribution in [-0.2, 0) is 13.5 Å². The van der Waals surface area contributed by atoms with Gasteiger partial charge in [0.15, 0.2) is 0 Å². The Balaban J connectivity index is 2.25. The van der Waals surface area contributed by atoms with Crippen molar-refractivity contribution in [1.82, 2.24) is 20.1 Å². The first-order valence-electron chi connectivity index (χ1n) is 7.05. The molecular formula is C15H21FN4O. The highest BCUT2D eigenvalue weighted by atomic mass is 19.1. The van der Waals surface area contributed by atoms with E-state index in [0.29, 0.717) is 17.7 Å². The van der Waals surface area contributed by atoms with E-state index in [4.69, 9.17) is 4.74 Å². The third kappa shape index (κ3) is 3.78. The molecular weight excluding hydrogens is 271 g/mol. The predicted octanol–water partition coefficient (Wildman–Crippen LogP) is 2.25. The van der Waals surface area contributed by atoms with E-state index in [9.17, 15) is 4.39 Å². The zero-order valence-electron chi connectivity index (χ0n) is 12.6. The topological polar surface area (TPSA) is 52.0 Å². The fraction of sp³-hybridized carbons (Fsp3) is 0.467. The Morgan fingerprint density at radius 3 is 2.81 bits per heavy atom. The molecule has 2 aromatic rings. The first kappa shape index (κ1) is 15.4. The van der Waals surface area contributed by atoms with Gasteiger partial charge in [0.25, 0.3) is 0 Å². The van der Waals surface area contributed by atoms with Crippen LogP contribution < -0.4 is 10.1 Å². The average molecular weight is 292 g/mol. The highest BCUT2D eigenvalue weighted by molar-refractivity contribution is 5.31. The molecule has 2 rings (SSSR count). The van der Waals surface area contributed by atoms with Gasteiger partial charge in [-0.2, -0.15) is 5.10 Å². The lowest BCUT2D eigenvalue weighted by Crippen LogP contribution is -2.26. The van der Waals surface area contributed by atoms with Gasteiger partial charge >= 0.3 is 0 Å². The maximum absolute atomic E-state index is 14.3. The van der Waals surface area contributed by atoms with Crippen molar-refractivity contribution in [3.05, 3.63) is 41.7 Å². The van der Waals surface area contributed by atoms with E-state index in [1.54, 1.807) is 16.8 Å². The summed E-state index contributed by atoms with van der Waals surface area (Å²) in [5.41, 5.74) is 0.618. The number of halogens is 1. The van der Waals surface area contributed by atoms with Gasteiger partial charge in [0.2, 0.25) is 0 Å². The molecule has 0 aliphatic heterocycles. The molecule has 0 fully saturated rings. The smallest absolute Gasteiger partial charge is 0.138 e. The van der Waals surface area contributed by atoms with Gasteiger partial charge in [0, 0.05) is 31.1 Å². The molecule has 0 amide bonds. The van der Waals surface area contributed by atoms with Crippen LogP contribution in [0.2, 0.25) is 0 Å². The van der Waals surface area contributed by atoms with Gasteiger partial charge in [-0.1, -0.05) is 13.0 Å². The highest BCUT2D eigenvalue weighted by Crippen LogP contribution is 2.24. The number of aryl methyl sites for hydroxylation is 1.